The first-order valence-corrected chi connectivity index (χ1v) is 5.73. The van der Waals surface area contributed by atoms with Gasteiger partial charge in [0.15, 0.2) is 0 Å². The first kappa shape index (κ1) is 12.0. The Labute approximate surface area is 87.4 Å². The maximum Gasteiger partial charge on any atom is 0.110 e. The summed E-state index contributed by atoms with van der Waals surface area (Å²) in [7, 11) is 1.82. The van der Waals surface area contributed by atoms with Crippen molar-refractivity contribution in [1.82, 2.24) is 4.90 Å². The van der Waals surface area contributed by atoms with Crippen LogP contribution < -0.4 is 0 Å². The standard InChI is InChI=1S/C11H23NO2/c1-3-6-11(13-2)12-7-4-9-14-10-5-8-12/h11H,3-10H2,1-2H3. The number of rotatable bonds is 4. The lowest BCUT2D eigenvalue weighted by Crippen LogP contribution is -2.39. The van der Waals surface area contributed by atoms with Gasteiger partial charge in [-0.15, -0.1) is 0 Å². The molecule has 0 aromatic carbocycles. The minimum absolute atomic E-state index is 0.318. The average molecular weight is 201 g/mol. The molecular weight excluding hydrogens is 178 g/mol. The van der Waals surface area contributed by atoms with Gasteiger partial charge in [-0.25, -0.2) is 0 Å². The highest BCUT2D eigenvalue weighted by molar-refractivity contribution is 4.65. The summed E-state index contributed by atoms with van der Waals surface area (Å²) in [5, 5.41) is 0. The van der Waals surface area contributed by atoms with E-state index in [1.54, 1.807) is 0 Å². The molecule has 0 N–H and O–H groups in total. The summed E-state index contributed by atoms with van der Waals surface area (Å²) < 4.78 is 10.9. The number of hydrogen-bond acceptors (Lipinski definition) is 3. The van der Waals surface area contributed by atoms with Crippen LogP contribution in [0.4, 0.5) is 0 Å². The van der Waals surface area contributed by atoms with E-state index >= 15 is 0 Å². The lowest BCUT2D eigenvalue weighted by molar-refractivity contribution is -0.0515. The molecule has 84 valence electrons. The van der Waals surface area contributed by atoms with Gasteiger partial charge >= 0.3 is 0 Å². The van der Waals surface area contributed by atoms with Crippen molar-refractivity contribution in [2.75, 3.05) is 33.4 Å². The second-order valence-corrected chi connectivity index (χ2v) is 3.83. The van der Waals surface area contributed by atoms with Crippen molar-refractivity contribution >= 4 is 0 Å². The third-order valence-corrected chi connectivity index (χ3v) is 2.68. The Morgan fingerprint density at radius 3 is 2.43 bits per heavy atom. The molecule has 1 saturated heterocycles. The van der Waals surface area contributed by atoms with Crippen molar-refractivity contribution in [3.63, 3.8) is 0 Å². The Bertz CT molecular complexity index is 133. The van der Waals surface area contributed by atoms with Gasteiger partial charge in [0.2, 0.25) is 0 Å². The zero-order valence-corrected chi connectivity index (χ0v) is 9.50. The largest absolute Gasteiger partial charge is 0.381 e. The Kier molecular flexibility index (Phi) is 6.15. The molecule has 1 fully saturated rings. The molecule has 14 heavy (non-hydrogen) atoms. The summed E-state index contributed by atoms with van der Waals surface area (Å²) in [6, 6.07) is 0. The molecule has 0 bridgehead atoms. The molecule has 0 saturated carbocycles. The van der Waals surface area contributed by atoms with Crippen LogP contribution in [0.25, 0.3) is 0 Å². The van der Waals surface area contributed by atoms with E-state index in [0.29, 0.717) is 6.23 Å². The van der Waals surface area contributed by atoms with Gasteiger partial charge in [0, 0.05) is 33.4 Å². The zero-order chi connectivity index (χ0) is 10.2. The van der Waals surface area contributed by atoms with Crippen LogP contribution in [0.1, 0.15) is 32.6 Å². The van der Waals surface area contributed by atoms with E-state index in [1.807, 2.05) is 7.11 Å². The molecule has 3 nitrogen and oxygen atoms in total. The Morgan fingerprint density at radius 1 is 1.29 bits per heavy atom. The first-order chi connectivity index (χ1) is 6.88. The molecule has 3 heteroatoms. The van der Waals surface area contributed by atoms with E-state index in [-0.39, 0.29) is 0 Å². The lowest BCUT2D eigenvalue weighted by atomic mass is 10.2. The highest BCUT2D eigenvalue weighted by atomic mass is 16.5. The topological polar surface area (TPSA) is 21.7 Å². The van der Waals surface area contributed by atoms with Gasteiger partial charge in [-0.05, 0) is 19.3 Å². The predicted octanol–water partition coefficient (Wildman–Crippen LogP) is 1.87. The van der Waals surface area contributed by atoms with Gasteiger partial charge in [0.1, 0.15) is 6.23 Å². The SMILES string of the molecule is CCCC(OC)N1CCCOCCC1. The van der Waals surface area contributed by atoms with E-state index in [1.165, 1.54) is 6.42 Å². The minimum atomic E-state index is 0.318. The van der Waals surface area contributed by atoms with Gasteiger partial charge < -0.3 is 9.47 Å². The highest BCUT2D eigenvalue weighted by Gasteiger charge is 2.17. The van der Waals surface area contributed by atoms with Crippen LogP contribution in [0.5, 0.6) is 0 Å². The predicted molar refractivity (Wildman–Crippen MR) is 57.3 cm³/mol. The van der Waals surface area contributed by atoms with Crippen molar-refractivity contribution in [2.24, 2.45) is 0 Å². The van der Waals surface area contributed by atoms with E-state index in [0.717, 1.165) is 45.6 Å². The molecule has 1 atom stereocenters. The first-order valence-electron chi connectivity index (χ1n) is 5.73. The molecule has 0 spiro atoms. The smallest absolute Gasteiger partial charge is 0.110 e. The molecule has 0 aromatic heterocycles. The summed E-state index contributed by atoms with van der Waals surface area (Å²) in [6.45, 7) is 6.23. The summed E-state index contributed by atoms with van der Waals surface area (Å²) >= 11 is 0. The van der Waals surface area contributed by atoms with E-state index in [4.69, 9.17) is 9.47 Å². The third-order valence-electron chi connectivity index (χ3n) is 2.68. The van der Waals surface area contributed by atoms with Gasteiger partial charge in [-0.1, -0.05) is 13.3 Å². The van der Waals surface area contributed by atoms with Gasteiger partial charge in [0.25, 0.3) is 0 Å². The van der Waals surface area contributed by atoms with Gasteiger partial charge in [-0.2, -0.15) is 0 Å². The fraction of sp³-hybridized carbons (Fsp3) is 1.00. The number of nitrogens with zero attached hydrogens (tertiary/aromatic N) is 1. The van der Waals surface area contributed by atoms with Crippen LogP contribution in [0.2, 0.25) is 0 Å². The fourth-order valence-corrected chi connectivity index (χ4v) is 1.94. The van der Waals surface area contributed by atoms with Crippen LogP contribution in [0, 0.1) is 0 Å². The fourth-order valence-electron chi connectivity index (χ4n) is 1.94. The Balaban J connectivity index is 2.35. The van der Waals surface area contributed by atoms with Crippen molar-refractivity contribution in [3.05, 3.63) is 0 Å². The van der Waals surface area contributed by atoms with Crippen molar-refractivity contribution in [1.29, 1.82) is 0 Å². The monoisotopic (exact) mass is 201 g/mol. The molecule has 0 amide bonds. The Hall–Kier alpha value is -0.120. The molecule has 1 aliphatic heterocycles. The normalized spacial score (nSPS) is 22.7. The van der Waals surface area contributed by atoms with Crippen molar-refractivity contribution in [3.8, 4) is 0 Å². The molecule has 0 aromatic rings. The number of methoxy groups -OCH3 is 1. The Morgan fingerprint density at radius 2 is 1.93 bits per heavy atom. The summed E-state index contributed by atoms with van der Waals surface area (Å²) in [5.41, 5.74) is 0. The summed E-state index contributed by atoms with van der Waals surface area (Å²) in [6.07, 6.45) is 4.90. The van der Waals surface area contributed by atoms with Gasteiger partial charge in [-0.3, -0.25) is 4.90 Å². The molecular formula is C11H23NO2. The summed E-state index contributed by atoms with van der Waals surface area (Å²) in [4.78, 5) is 2.45. The lowest BCUT2D eigenvalue weighted by Gasteiger charge is -2.31. The number of ether oxygens (including phenoxy) is 2. The summed E-state index contributed by atoms with van der Waals surface area (Å²) in [5.74, 6) is 0. The van der Waals surface area contributed by atoms with E-state index in [2.05, 4.69) is 11.8 Å². The highest BCUT2D eigenvalue weighted by Crippen LogP contribution is 2.11. The van der Waals surface area contributed by atoms with E-state index < -0.39 is 0 Å². The van der Waals surface area contributed by atoms with Crippen LogP contribution >= 0.6 is 0 Å². The molecule has 1 heterocycles. The second kappa shape index (κ2) is 7.21. The maximum absolute atomic E-state index is 5.51. The molecule has 1 aliphatic rings. The minimum Gasteiger partial charge on any atom is -0.381 e. The van der Waals surface area contributed by atoms with Crippen LogP contribution in [0.15, 0.2) is 0 Å². The number of hydrogen-bond donors (Lipinski definition) is 0. The van der Waals surface area contributed by atoms with Crippen molar-refractivity contribution < 1.29 is 9.47 Å². The van der Waals surface area contributed by atoms with Crippen molar-refractivity contribution in [2.45, 2.75) is 38.8 Å². The van der Waals surface area contributed by atoms with E-state index in [9.17, 15) is 0 Å². The molecule has 1 unspecified atom stereocenters. The quantitative estimate of drug-likeness (QED) is 0.693. The zero-order valence-electron chi connectivity index (χ0n) is 9.50. The molecule has 1 rings (SSSR count). The maximum atomic E-state index is 5.51. The second-order valence-electron chi connectivity index (χ2n) is 3.83. The van der Waals surface area contributed by atoms with Crippen LogP contribution in [0.3, 0.4) is 0 Å². The third kappa shape index (κ3) is 3.95. The molecule has 0 aliphatic carbocycles. The molecule has 0 radical (unpaired) electrons. The average Bonchev–Trinajstić information content (AvgIpc) is 2.15. The van der Waals surface area contributed by atoms with Crippen LogP contribution in [-0.4, -0.2) is 44.5 Å². The van der Waals surface area contributed by atoms with Crippen LogP contribution in [-0.2, 0) is 9.47 Å². The van der Waals surface area contributed by atoms with Gasteiger partial charge in [0.05, 0.1) is 0 Å².